The number of fused-ring (bicyclic) bond motifs is 1. The summed E-state index contributed by atoms with van der Waals surface area (Å²) in [4.78, 5) is 32.1. The average Bonchev–Trinajstić information content (AvgIpc) is 3.67. The van der Waals surface area contributed by atoms with Gasteiger partial charge in [-0.25, -0.2) is 9.97 Å². The molecule has 4 aromatic rings. The standard InChI is InChI=1S/C28H30N6O/c1-32-13-15-34(16-14-32)23-9-7-20(8-10-23)25-18-30-27-26(31-25)24(17-29-27)19-3-5-21(6-4-19)28(35)33(2)22-11-12-22/h3-10,17-18,22H,11-16H2,1-2H3,(H,29,30). The van der Waals surface area contributed by atoms with Crippen LogP contribution in [0.3, 0.4) is 0 Å². The summed E-state index contributed by atoms with van der Waals surface area (Å²) >= 11 is 0. The molecule has 2 aliphatic rings. The predicted molar refractivity (Wildman–Crippen MR) is 140 cm³/mol. The summed E-state index contributed by atoms with van der Waals surface area (Å²) in [6.45, 7) is 4.28. The maximum atomic E-state index is 12.7. The van der Waals surface area contributed by atoms with E-state index in [1.807, 2.05) is 48.6 Å². The molecular formula is C28H30N6O. The summed E-state index contributed by atoms with van der Waals surface area (Å²) in [5, 5.41) is 0. The maximum Gasteiger partial charge on any atom is 0.253 e. The minimum absolute atomic E-state index is 0.0834. The molecule has 1 saturated carbocycles. The SMILES string of the molecule is CN1CCN(c2ccc(-c3cnc4[nH]cc(-c5ccc(C(=O)N(C)C6CC6)cc5)c4n3)cc2)CC1. The van der Waals surface area contributed by atoms with Gasteiger partial charge in [0.15, 0.2) is 5.65 Å². The summed E-state index contributed by atoms with van der Waals surface area (Å²) < 4.78 is 0. The number of rotatable bonds is 5. The van der Waals surface area contributed by atoms with Crippen molar-refractivity contribution in [2.75, 3.05) is 45.2 Å². The number of anilines is 1. The Morgan fingerprint density at radius 2 is 1.66 bits per heavy atom. The Labute approximate surface area is 205 Å². The highest BCUT2D eigenvalue weighted by Gasteiger charge is 2.30. The van der Waals surface area contributed by atoms with E-state index in [-0.39, 0.29) is 5.91 Å². The third-order valence-corrected chi connectivity index (χ3v) is 7.27. The molecule has 2 fully saturated rings. The molecule has 0 atom stereocenters. The highest BCUT2D eigenvalue weighted by atomic mass is 16.2. The lowest BCUT2D eigenvalue weighted by Crippen LogP contribution is -2.44. The van der Waals surface area contributed by atoms with Crippen molar-refractivity contribution in [3.8, 4) is 22.4 Å². The fourth-order valence-electron chi connectivity index (χ4n) is 4.78. The van der Waals surface area contributed by atoms with Crippen LogP contribution in [0.5, 0.6) is 0 Å². The van der Waals surface area contributed by atoms with Crippen molar-refractivity contribution in [2.24, 2.45) is 0 Å². The second-order valence-corrected chi connectivity index (χ2v) is 9.72. The quantitative estimate of drug-likeness (QED) is 0.476. The zero-order chi connectivity index (χ0) is 23.9. The molecule has 178 valence electrons. The maximum absolute atomic E-state index is 12.7. The van der Waals surface area contributed by atoms with E-state index in [0.717, 1.165) is 78.1 Å². The fourth-order valence-corrected chi connectivity index (χ4v) is 4.78. The minimum Gasteiger partial charge on any atom is -0.369 e. The summed E-state index contributed by atoms with van der Waals surface area (Å²) in [5.74, 6) is 0.0834. The van der Waals surface area contributed by atoms with E-state index in [1.54, 1.807) is 0 Å². The third-order valence-electron chi connectivity index (χ3n) is 7.27. The van der Waals surface area contributed by atoms with Crippen molar-refractivity contribution in [1.29, 1.82) is 0 Å². The summed E-state index contributed by atoms with van der Waals surface area (Å²) in [6.07, 6.45) is 5.98. The smallest absolute Gasteiger partial charge is 0.253 e. The Morgan fingerprint density at radius 3 is 2.34 bits per heavy atom. The molecule has 1 amide bonds. The Hall–Kier alpha value is -3.71. The molecule has 0 bridgehead atoms. The molecule has 2 aromatic carbocycles. The van der Waals surface area contributed by atoms with Crippen LogP contribution in [0.2, 0.25) is 0 Å². The van der Waals surface area contributed by atoms with Gasteiger partial charge in [-0.2, -0.15) is 0 Å². The molecule has 6 rings (SSSR count). The number of aromatic amines is 1. The first-order chi connectivity index (χ1) is 17.1. The van der Waals surface area contributed by atoms with Gasteiger partial charge in [0.1, 0.15) is 5.52 Å². The van der Waals surface area contributed by atoms with E-state index >= 15 is 0 Å². The monoisotopic (exact) mass is 466 g/mol. The first-order valence-electron chi connectivity index (χ1n) is 12.3. The van der Waals surface area contributed by atoms with Crippen molar-refractivity contribution < 1.29 is 4.79 Å². The van der Waals surface area contributed by atoms with Crippen LogP contribution in [-0.2, 0) is 0 Å². The number of aromatic nitrogens is 3. The first kappa shape index (κ1) is 21.8. The van der Waals surface area contributed by atoms with Gasteiger partial charge in [-0.1, -0.05) is 24.3 Å². The summed E-state index contributed by atoms with van der Waals surface area (Å²) in [7, 11) is 4.06. The van der Waals surface area contributed by atoms with Crippen LogP contribution in [0.4, 0.5) is 5.69 Å². The van der Waals surface area contributed by atoms with E-state index in [0.29, 0.717) is 6.04 Å². The second kappa shape index (κ2) is 8.82. The molecule has 1 aliphatic carbocycles. The minimum atomic E-state index is 0.0834. The number of H-pyrrole nitrogens is 1. The van der Waals surface area contributed by atoms with E-state index in [1.165, 1.54) is 5.69 Å². The van der Waals surface area contributed by atoms with Gasteiger partial charge in [0, 0.05) is 67.8 Å². The number of piperazine rings is 1. The molecular weight excluding hydrogens is 436 g/mol. The van der Waals surface area contributed by atoms with E-state index in [4.69, 9.17) is 4.98 Å². The molecule has 7 heteroatoms. The lowest BCUT2D eigenvalue weighted by atomic mass is 10.0. The molecule has 1 N–H and O–H groups in total. The number of likely N-dealkylation sites (N-methyl/N-ethyl adjacent to an activating group) is 1. The molecule has 0 radical (unpaired) electrons. The van der Waals surface area contributed by atoms with Crippen LogP contribution in [0, 0.1) is 0 Å². The van der Waals surface area contributed by atoms with Crippen LogP contribution in [-0.4, -0.2) is 77.0 Å². The van der Waals surface area contributed by atoms with Gasteiger partial charge in [-0.05, 0) is 49.7 Å². The number of carbonyl (C=O) groups is 1. The molecule has 0 spiro atoms. The first-order valence-corrected chi connectivity index (χ1v) is 12.3. The third kappa shape index (κ3) is 4.28. The zero-order valence-electron chi connectivity index (χ0n) is 20.2. The second-order valence-electron chi connectivity index (χ2n) is 9.72. The fraction of sp³-hybridized carbons (Fsp3) is 0.321. The number of hydrogen-bond acceptors (Lipinski definition) is 5. The molecule has 2 aromatic heterocycles. The highest BCUT2D eigenvalue weighted by Crippen LogP contribution is 2.31. The van der Waals surface area contributed by atoms with Crippen molar-refractivity contribution in [3.05, 3.63) is 66.5 Å². The average molecular weight is 467 g/mol. The van der Waals surface area contributed by atoms with Gasteiger partial charge >= 0.3 is 0 Å². The van der Waals surface area contributed by atoms with Gasteiger partial charge in [0.05, 0.1) is 11.9 Å². The summed E-state index contributed by atoms with van der Waals surface area (Å²) in [6, 6.07) is 16.8. The normalized spacial score (nSPS) is 16.6. The van der Waals surface area contributed by atoms with Crippen LogP contribution in [0.1, 0.15) is 23.2 Å². The molecule has 7 nitrogen and oxygen atoms in total. The molecule has 35 heavy (non-hydrogen) atoms. The number of benzene rings is 2. The number of carbonyl (C=O) groups excluding carboxylic acids is 1. The predicted octanol–water partition coefficient (Wildman–Crippen LogP) is 4.28. The Bertz CT molecular complexity index is 1350. The van der Waals surface area contributed by atoms with Crippen molar-refractivity contribution in [1.82, 2.24) is 24.8 Å². The summed E-state index contributed by atoms with van der Waals surface area (Å²) in [5.41, 5.74) is 7.45. The lowest BCUT2D eigenvalue weighted by molar-refractivity contribution is 0.0785. The zero-order valence-corrected chi connectivity index (χ0v) is 20.2. The van der Waals surface area contributed by atoms with Gasteiger partial charge in [-0.3, -0.25) is 4.79 Å². The van der Waals surface area contributed by atoms with Crippen LogP contribution < -0.4 is 4.90 Å². The van der Waals surface area contributed by atoms with Crippen molar-refractivity contribution in [2.45, 2.75) is 18.9 Å². The van der Waals surface area contributed by atoms with Crippen LogP contribution in [0.15, 0.2) is 60.9 Å². The Balaban J connectivity index is 1.25. The molecule has 0 unspecified atom stereocenters. The van der Waals surface area contributed by atoms with Crippen LogP contribution in [0.25, 0.3) is 33.5 Å². The van der Waals surface area contributed by atoms with Gasteiger partial charge in [0.25, 0.3) is 5.91 Å². The Kier molecular flexibility index (Phi) is 5.49. The van der Waals surface area contributed by atoms with Gasteiger partial charge in [0.2, 0.25) is 0 Å². The molecule has 1 saturated heterocycles. The van der Waals surface area contributed by atoms with Crippen molar-refractivity contribution in [3.63, 3.8) is 0 Å². The van der Waals surface area contributed by atoms with E-state index in [2.05, 4.69) is 51.1 Å². The number of nitrogens with zero attached hydrogens (tertiary/aromatic N) is 5. The van der Waals surface area contributed by atoms with Crippen molar-refractivity contribution >= 4 is 22.8 Å². The lowest BCUT2D eigenvalue weighted by Gasteiger charge is -2.34. The topological polar surface area (TPSA) is 68.4 Å². The van der Waals surface area contributed by atoms with Gasteiger partial charge in [-0.15, -0.1) is 0 Å². The molecule has 1 aliphatic heterocycles. The Morgan fingerprint density at radius 1 is 0.971 bits per heavy atom. The highest BCUT2D eigenvalue weighted by molar-refractivity contribution is 5.96. The number of nitrogens with one attached hydrogen (secondary N) is 1. The van der Waals surface area contributed by atoms with Gasteiger partial charge < -0.3 is 19.7 Å². The number of amides is 1. The van der Waals surface area contributed by atoms with E-state index < -0.39 is 0 Å². The van der Waals surface area contributed by atoms with E-state index in [9.17, 15) is 4.79 Å². The largest absolute Gasteiger partial charge is 0.369 e. The number of hydrogen-bond donors (Lipinski definition) is 1. The van der Waals surface area contributed by atoms with Crippen LogP contribution >= 0.6 is 0 Å². The molecule has 3 heterocycles.